The highest BCUT2D eigenvalue weighted by atomic mass is 127. The van der Waals surface area contributed by atoms with E-state index in [4.69, 9.17) is 5.73 Å². The number of nitrogens with two attached hydrogens (primary N) is 1. The molecule has 2 aromatic carbocycles. The maximum atomic E-state index is 13.0. The van der Waals surface area contributed by atoms with E-state index >= 15 is 0 Å². The van der Waals surface area contributed by atoms with E-state index < -0.39 is 5.82 Å². The van der Waals surface area contributed by atoms with Gasteiger partial charge in [0.25, 0.3) is 0 Å². The lowest BCUT2D eigenvalue weighted by molar-refractivity contribution is -0.114. The number of guanidine groups is 1. The minimum atomic E-state index is -0.414. The number of nitrogens with zero attached hydrogens (tertiary/aromatic N) is 1. The molecule has 1 amide bonds. The van der Waals surface area contributed by atoms with Crippen molar-refractivity contribution in [3.8, 4) is 0 Å². The van der Waals surface area contributed by atoms with E-state index in [0.717, 1.165) is 12.1 Å². The summed E-state index contributed by atoms with van der Waals surface area (Å²) in [5.41, 5.74) is 8.13. The first-order chi connectivity index (χ1) is 11.1. The summed E-state index contributed by atoms with van der Waals surface area (Å²) in [4.78, 5) is 15.7. The smallest absolute Gasteiger partial charge is 0.246 e. The molecule has 128 valence electrons. The van der Waals surface area contributed by atoms with E-state index in [-0.39, 0.29) is 42.4 Å². The lowest BCUT2D eigenvalue weighted by atomic mass is 10.1. The van der Waals surface area contributed by atoms with E-state index in [0.29, 0.717) is 5.69 Å². The number of amides is 1. The first-order valence-electron chi connectivity index (χ1n) is 7.28. The zero-order valence-corrected chi connectivity index (χ0v) is 15.6. The molecule has 24 heavy (non-hydrogen) atoms. The van der Waals surface area contributed by atoms with Gasteiger partial charge in [0.1, 0.15) is 12.4 Å². The van der Waals surface area contributed by atoms with Crippen LogP contribution >= 0.6 is 24.0 Å². The number of carbonyl (C=O) groups is 1. The Labute approximate surface area is 157 Å². The Morgan fingerprint density at radius 1 is 1.12 bits per heavy atom. The second-order valence-electron chi connectivity index (χ2n) is 4.94. The molecule has 5 nitrogen and oxygen atoms in total. The zero-order chi connectivity index (χ0) is 16.7. The van der Waals surface area contributed by atoms with Gasteiger partial charge in [-0.15, -0.1) is 24.0 Å². The molecule has 0 bridgehead atoms. The first kappa shape index (κ1) is 19.9. The number of aliphatic imine (C=N–C) groups is 1. The number of hydrogen-bond donors (Lipinski definition) is 3. The van der Waals surface area contributed by atoms with Crippen LogP contribution in [-0.2, 0) is 11.2 Å². The minimum absolute atomic E-state index is 0. The van der Waals surface area contributed by atoms with Gasteiger partial charge < -0.3 is 16.4 Å². The normalized spacial score (nSPS) is 10.7. The number of aryl methyl sites for hydroxylation is 1. The van der Waals surface area contributed by atoms with Gasteiger partial charge >= 0.3 is 0 Å². The molecule has 0 fully saturated rings. The van der Waals surface area contributed by atoms with Crippen LogP contribution in [0.3, 0.4) is 0 Å². The van der Waals surface area contributed by atoms with Crippen molar-refractivity contribution in [2.24, 2.45) is 10.7 Å². The van der Waals surface area contributed by atoms with Crippen molar-refractivity contribution in [3.05, 3.63) is 59.9 Å². The average Bonchev–Trinajstić information content (AvgIpc) is 2.53. The zero-order valence-electron chi connectivity index (χ0n) is 13.3. The number of nitrogens with one attached hydrogen (secondary N) is 2. The van der Waals surface area contributed by atoms with Crippen molar-refractivity contribution in [2.45, 2.75) is 13.3 Å². The van der Waals surface area contributed by atoms with E-state index in [9.17, 15) is 9.18 Å². The summed E-state index contributed by atoms with van der Waals surface area (Å²) in [5, 5.41) is 5.48. The Hall–Kier alpha value is -2.16. The molecular formula is C17H20FIN4O. The lowest BCUT2D eigenvalue weighted by Gasteiger charge is -2.07. The molecule has 0 aliphatic rings. The standard InChI is InChI=1S/C17H19FN4O.HI/c1-2-12-5-3-7-14(9-12)22-17(19)20-11-16(23)21-15-8-4-6-13(18)10-15;/h3-10H,2,11H2,1H3,(H,21,23)(H3,19,20,22);1H. The average molecular weight is 442 g/mol. The van der Waals surface area contributed by atoms with Crippen LogP contribution in [0.4, 0.5) is 15.8 Å². The van der Waals surface area contributed by atoms with Crippen molar-refractivity contribution >= 4 is 47.2 Å². The van der Waals surface area contributed by atoms with Crippen LogP contribution in [0.15, 0.2) is 53.5 Å². The highest BCUT2D eigenvalue weighted by Gasteiger charge is 2.03. The fourth-order valence-corrected chi connectivity index (χ4v) is 1.98. The summed E-state index contributed by atoms with van der Waals surface area (Å²) >= 11 is 0. The van der Waals surface area contributed by atoms with Crippen LogP contribution in [-0.4, -0.2) is 18.4 Å². The van der Waals surface area contributed by atoms with Gasteiger partial charge in [0.2, 0.25) is 5.91 Å². The molecule has 0 aliphatic heterocycles. The number of halogens is 2. The molecule has 0 saturated carbocycles. The Balaban J connectivity index is 0.00000288. The maximum Gasteiger partial charge on any atom is 0.246 e. The molecular weight excluding hydrogens is 422 g/mol. The third-order valence-corrected chi connectivity index (χ3v) is 3.11. The van der Waals surface area contributed by atoms with E-state index in [1.807, 2.05) is 24.3 Å². The van der Waals surface area contributed by atoms with E-state index in [1.165, 1.54) is 23.8 Å². The van der Waals surface area contributed by atoms with Crippen molar-refractivity contribution in [2.75, 3.05) is 17.2 Å². The monoisotopic (exact) mass is 442 g/mol. The second kappa shape index (κ2) is 9.86. The minimum Gasteiger partial charge on any atom is -0.370 e. The van der Waals surface area contributed by atoms with Crippen molar-refractivity contribution < 1.29 is 9.18 Å². The summed E-state index contributed by atoms with van der Waals surface area (Å²) in [6, 6.07) is 13.4. The van der Waals surface area contributed by atoms with Crippen molar-refractivity contribution in [3.63, 3.8) is 0 Å². The van der Waals surface area contributed by atoms with E-state index in [2.05, 4.69) is 22.5 Å². The molecule has 0 atom stereocenters. The Bertz CT molecular complexity index is 721. The highest BCUT2D eigenvalue weighted by Crippen LogP contribution is 2.11. The van der Waals surface area contributed by atoms with Gasteiger partial charge in [0, 0.05) is 11.4 Å². The van der Waals surface area contributed by atoms with Crippen LogP contribution < -0.4 is 16.4 Å². The molecule has 0 unspecified atom stereocenters. The fraction of sp³-hybridized carbons (Fsp3) is 0.176. The van der Waals surface area contributed by atoms with Crippen LogP contribution in [0, 0.1) is 5.82 Å². The maximum absolute atomic E-state index is 13.0. The van der Waals surface area contributed by atoms with Gasteiger partial charge in [-0.05, 0) is 42.3 Å². The molecule has 2 aromatic rings. The molecule has 0 aliphatic carbocycles. The van der Waals surface area contributed by atoms with Gasteiger partial charge in [-0.25, -0.2) is 9.38 Å². The quantitative estimate of drug-likeness (QED) is 0.378. The SMILES string of the molecule is CCc1cccc(NC(N)=NCC(=O)Nc2cccc(F)c2)c1.I. The predicted molar refractivity (Wildman–Crippen MR) is 106 cm³/mol. The molecule has 4 N–H and O–H groups in total. The Morgan fingerprint density at radius 3 is 2.46 bits per heavy atom. The lowest BCUT2D eigenvalue weighted by Crippen LogP contribution is -2.25. The van der Waals surface area contributed by atoms with E-state index in [1.54, 1.807) is 6.07 Å². The second-order valence-corrected chi connectivity index (χ2v) is 4.94. The van der Waals surface area contributed by atoms with Crippen LogP contribution in [0.1, 0.15) is 12.5 Å². The molecule has 0 spiro atoms. The van der Waals surface area contributed by atoms with Crippen molar-refractivity contribution in [1.29, 1.82) is 0 Å². The molecule has 7 heteroatoms. The van der Waals surface area contributed by atoms with Gasteiger partial charge in [-0.2, -0.15) is 0 Å². The first-order valence-corrected chi connectivity index (χ1v) is 7.28. The number of carbonyl (C=O) groups excluding carboxylic acids is 1. The van der Waals surface area contributed by atoms with Gasteiger partial charge in [0.15, 0.2) is 5.96 Å². The molecule has 0 saturated heterocycles. The van der Waals surface area contributed by atoms with Crippen LogP contribution in [0.25, 0.3) is 0 Å². The third-order valence-electron chi connectivity index (χ3n) is 3.11. The van der Waals surface area contributed by atoms with Gasteiger partial charge in [0.05, 0.1) is 0 Å². The number of hydrogen-bond acceptors (Lipinski definition) is 2. The van der Waals surface area contributed by atoms with Gasteiger partial charge in [-0.1, -0.05) is 25.1 Å². The summed E-state index contributed by atoms with van der Waals surface area (Å²) < 4.78 is 13.0. The fourth-order valence-electron chi connectivity index (χ4n) is 1.98. The van der Waals surface area contributed by atoms with Crippen molar-refractivity contribution in [1.82, 2.24) is 0 Å². The topological polar surface area (TPSA) is 79.5 Å². The predicted octanol–water partition coefficient (Wildman–Crippen LogP) is 3.37. The van der Waals surface area contributed by atoms with Gasteiger partial charge in [-0.3, -0.25) is 4.79 Å². The Kier molecular flexibility index (Phi) is 8.17. The van der Waals surface area contributed by atoms with Crippen LogP contribution in [0.5, 0.6) is 0 Å². The summed E-state index contributed by atoms with van der Waals surface area (Å²) in [7, 11) is 0. The van der Waals surface area contributed by atoms with Crippen LogP contribution in [0.2, 0.25) is 0 Å². The molecule has 0 radical (unpaired) electrons. The Morgan fingerprint density at radius 2 is 1.79 bits per heavy atom. The molecule has 0 heterocycles. The molecule has 2 rings (SSSR count). The summed E-state index contributed by atoms with van der Waals surface area (Å²) in [6.45, 7) is 1.91. The highest BCUT2D eigenvalue weighted by molar-refractivity contribution is 14.0. The largest absolute Gasteiger partial charge is 0.370 e. The number of rotatable bonds is 5. The third kappa shape index (κ3) is 6.53. The number of anilines is 2. The summed E-state index contributed by atoms with van der Waals surface area (Å²) in [6.07, 6.45) is 0.919. The summed E-state index contributed by atoms with van der Waals surface area (Å²) in [5.74, 6) is -0.640. The number of benzene rings is 2. The molecule has 0 aromatic heterocycles.